The Balaban J connectivity index is 2.31. The number of aromatic nitrogens is 1. The molecule has 1 aliphatic rings. The van der Waals surface area contributed by atoms with Gasteiger partial charge in [0.2, 0.25) is 10.0 Å². The summed E-state index contributed by atoms with van der Waals surface area (Å²) in [4.78, 5) is 0.376. The number of piperazine rings is 1. The SMILES string of the molecule is CC1CN(S(=O)(=O)c2ccn(C)c2)C(C)CN1. The quantitative estimate of drug-likeness (QED) is 0.834. The molecular formula is C11H19N3O2S. The molecular weight excluding hydrogens is 238 g/mol. The Hall–Kier alpha value is -0.850. The highest BCUT2D eigenvalue weighted by Crippen LogP contribution is 2.20. The number of nitrogens with zero attached hydrogens (tertiary/aromatic N) is 2. The van der Waals surface area contributed by atoms with Gasteiger partial charge in [0, 0.05) is 44.6 Å². The van der Waals surface area contributed by atoms with E-state index in [1.165, 1.54) is 0 Å². The number of rotatable bonds is 2. The molecule has 0 saturated carbocycles. The van der Waals surface area contributed by atoms with Crippen LogP contribution in [-0.4, -0.2) is 42.5 Å². The largest absolute Gasteiger partial charge is 0.356 e. The first-order valence-electron chi connectivity index (χ1n) is 5.78. The van der Waals surface area contributed by atoms with Crippen molar-refractivity contribution >= 4 is 10.0 Å². The molecule has 0 spiro atoms. The summed E-state index contributed by atoms with van der Waals surface area (Å²) < 4.78 is 28.2. The third-order valence-electron chi connectivity index (χ3n) is 3.12. The zero-order valence-electron chi connectivity index (χ0n) is 10.4. The summed E-state index contributed by atoms with van der Waals surface area (Å²) in [6.45, 7) is 5.16. The zero-order chi connectivity index (χ0) is 12.6. The van der Waals surface area contributed by atoms with Crippen LogP contribution in [0.2, 0.25) is 0 Å². The van der Waals surface area contributed by atoms with Gasteiger partial charge in [0.25, 0.3) is 0 Å². The van der Waals surface area contributed by atoms with E-state index in [-0.39, 0.29) is 12.1 Å². The minimum Gasteiger partial charge on any atom is -0.356 e. The van der Waals surface area contributed by atoms with Crippen molar-refractivity contribution in [2.24, 2.45) is 7.05 Å². The van der Waals surface area contributed by atoms with Crippen molar-refractivity contribution < 1.29 is 8.42 Å². The first kappa shape index (κ1) is 12.6. The molecule has 2 heterocycles. The fourth-order valence-corrected chi connectivity index (χ4v) is 3.86. The van der Waals surface area contributed by atoms with Crippen LogP contribution in [0.15, 0.2) is 23.4 Å². The van der Waals surface area contributed by atoms with E-state index in [2.05, 4.69) is 5.32 Å². The van der Waals surface area contributed by atoms with Crippen LogP contribution in [0.5, 0.6) is 0 Å². The lowest BCUT2D eigenvalue weighted by Gasteiger charge is -2.36. The summed E-state index contributed by atoms with van der Waals surface area (Å²) in [5, 5.41) is 3.28. The Morgan fingerprint density at radius 2 is 2.12 bits per heavy atom. The van der Waals surface area contributed by atoms with Crippen LogP contribution in [0.25, 0.3) is 0 Å². The first-order valence-corrected chi connectivity index (χ1v) is 7.22. The second kappa shape index (κ2) is 4.44. The average molecular weight is 257 g/mol. The van der Waals surface area contributed by atoms with Crippen LogP contribution in [0, 0.1) is 0 Å². The average Bonchev–Trinajstić information content (AvgIpc) is 2.69. The first-order chi connectivity index (χ1) is 7.91. The highest BCUT2D eigenvalue weighted by Gasteiger charge is 2.33. The van der Waals surface area contributed by atoms with E-state index in [9.17, 15) is 8.42 Å². The molecule has 0 radical (unpaired) electrons. The summed E-state index contributed by atoms with van der Waals surface area (Å²) in [5.41, 5.74) is 0. The number of hydrogen-bond donors (Lipinski definition) is 1. The van der Waals surface area contributed by atoms with E-state index in [4.69, 9.17) is 0 Å². The Labute approximate surface area is 102 Å². The normalized spacial score (nSPS) is 27.2. The Bertz CT molecular complexity index is 495. The van der Waals surface area contributed by atoms with Crippen LogP contribution in [0.3, 0.4) is 0 Å². The molecule has 0 bridgehead atoms. The molecule has 2 unspecified atom stereocenters. The molecule has 6 heteroatoms. The monoisotopic (exact) mass is 257 g/mol. The topological polar surface area (TPSA) is 54.3 Å². The summed E-state index contributed by atoms with van der Waals surface area (Å²) in [6, 6.07) is 1.84. The summed E-state index contributed by atoms with van der Waals surface area (Å²) in [5.74, 6) is 0. The van der Waals surface area contributed by atoms with Gasteiger partial charge in [-0.25, -0.2) is 8.42 Å². The fraction of sp³-hybridized carbons (Fsp3) is 0.636. The van der Waals surface area contributed by atoms with E-state index in [1.54, 1.807) is 27.3 Å². The maximum absolute atomic E-state index is 12.4. The van der Waals surface area contributed by atoms with Crippen LogP contribution >= 0.6 is 0 Å². The van der Waals surface area contributed by atoms with Gasteiger partial charge in [0.15, 0.2) is 0 Å². The second-order valence-electron chi connectivity index (χ2n) is 4.75. The predicted octanol–water partition coefficient (Wildman–Crippen LogP) is 0.396. The molecule has 1 aromatic rings. The Morgan fingerprint density at radius 1 is 1.41 bits per heavy atom. The fourth-order valence-electron chi connectivity index (χ4n) is 2.09. The molecule has 0 amide bonds. The maximum Gasteiger partial charge on any atom is 0.244 e. The molecule has 0 aromatic carbocycles. The predicted molar refractivity (Wildman–Crippen MR) is 66.2 cm³/mol. The molecule has 5 nitrogen and oxygen atoms in total. The minimum atomic E-state index is -3.35. The van der Waals surface area contributed by atoms with E-state index in [0.29, 0.717) is 18.0 Å². The molecule has 0 aliphatic carbocycles. The van der Waals surface area contributed by atoms with E-state index in [0.717, 1.165) is 0 Å². The minimum absolute atomic E-state index is 0.00333. The standard InChI is InChI=1S/C11H19N3O2S/c1-9-7-14(10(2)6-12-9)17(15,16)11-4-5-13(3)8-11/h4-5,8-10,12H,6-7H2,1-3H3. The van der Waals surface area contributed by atoms with Crippen LogP contribution in [0.4, 0.5) is 0 Å². The second-order valence-corrected chi connectivity index (χ2v) is 6.64. The molecule has 1 aliphatic heterocycles. The van der Waals surface area contributed by atoms with Gasteiger partial charge >= 0.3 is 0 Å². The van der Waals surface area contributed by atoms with Crippen LogP contribution < -0.4 is 5.32 Å². The van der Waals surface area contributed by atoms with E-state index < -0.39 is 10.0 Å². The number of aryl methyl sites for hydroxylation is 1. The van der Waals surface area contributed by atoms with Gasteiger partial charge in [-0.3, -0.25) is 0 Å². The van der Waals surface area contributed by atoms with Crippen molar-refractivity contribution in [1.29, 1.82) is 0 Å². The van der Waals surface area contributed by atoms with Crippen molar-refractivity contribution in [2.75, 3.05) is 13.1 Å². The summed E-state index contributed by atoms with van der Waals surface area (Å²) in [7, 11) is -1.53. The third kappa shape index (κ3) is 2.38. The molecule has 1 saturated heterocycles. The smallest absolute Gasteiger partial charge is 0.244 e. The number of nitrogens with one attached hydrogen (secondary N) is 1. The van der Waals surface area contributed by atoms with Crippen molar-refractivity contribution in [1.82, 2.24) is 14.2 Å². The van der Waals surface area contributed by atoms with Gasteiger partial charge in [-0.05, 0) is 19.9 Å². The summed E-state index contributed by atoms with van der Waals surface area (Å²) in [6.07, 6.45) is 3.40. The molecule has 2 atom stereocenters. The van der Waals surface area contributed by atoms with E-state index in [1.807, 2.05) is 20.9 Å². The lowest BCUT2D eigenvalue weighted by molar-refractivity contribution is 0.244. The van der Waals surface area contributed by atoms with Crippen molar-refractivity contribution in [3.05, 3.63) is 18.5 Å². The lowest BCUT2D eigenvalue weighted by atomic mass is 10.2. The summed E-state index contributed by atoms with van der Waals surface area (Å²) >= 11 is 0. The third-order valence-corrected chi connectivity index (χ3v) is 5.08. The van der Waals surface area contributed by atoms with Crippen LogP contribution in [-0.2, 0) is 17.1 Å². The van der Waals surface area contributed by atoms with Gasteiger partial charge in [0.05, 0.1) is 4.90 Å². The Kier molecular flexibility index (Phi) is 3.29. The van der Waals surface area contributed by atoms with E-state index >= 15 is 0 Å². The highest BCUT2D eigenvalue weighted by molar-refractivity contribution is 7.89. The van der Waals surface area contributed by atoms with Crippen LogP contribution in [0.1, 0.15) is 13.8 Å². The molecule has 17 heavy (non-hydrogen) atoms. The van der Waals surface area contributed by atoms with Crippen molar-refractivity contribution in [3.8, 4) is 0 Å². The molecule has 2 rings (SSSR count). The van der Waals surface area contributed by atoms with Gasteiger partial charge in [0.1, 0.15) is 0 Å². The molecule has 1 fully saturated rings. The maximum atomic E-state index is 12.4. The molecule has 1 N–H and O–H groups in total. The van der Waals surface area contributed by atoms with Crippen molar-refractivity contribution in [2.45, 2.75) is 30.8 Å². The Morgan fingerprint density at radius 3 is 2.71 bits per heavy atom. The van der Waals surface area contributed by atoms with Crippen molar-refractivity contribution in [3.63, 3.8) is 0 Å². The van der Waals surface area contributed by atoms with Gasteiger partial charge < -0.3 is 9.88 Å². The van der Waals surface area contributed by atoms with Gasteiger partial charge in [-0.1, -0.05) is 0 Å². The molecule has 1 aromatic heterocycles. The number of sulfonamides is 1. The lowest BCUT2D eigenvalue weighted by Crippen LogP contribution is -2.56. The number of hydrogen-bond acceptors (Lipinski definition) is 3. The molecule has 96 valence electrons. The van der Waals surface area contributed by atoms with Gasteiger partial charge in [-0.2, -0.15) is 4.31 Å². The van der Waals surface area contributed by atoms with Gasteiger partial charge in [-0.15, -0.1) is 0 Å². The highest BCUT2D eigenvalue weighted by atomic mass is 32.2. The zero-order valence-corrected chi connectivity index (χ0v) is 11.2.